The van der Waals surface area contributed by atoms with Crippen molar-refractivity contribution in [3.05, 3.63) is 75.8 Å². The molecule has 3 aromatic rings. The third kappa shape index (κ3) is 4.75. The van der Waals surface area contributed by atoms with Gasteiger partial charge in [0.05, 0.1) is 11.9 Å². The number of halogens is 2. The van der Waals surface area contributed by atoms with Gasteiger partial charge in [-0.05, 0) is 24.3 Å². The van der Waals surface area contributed by atoms with Crippen molar-refractivity contribution in [1.29, 1.82) is 0 Å². The molecule has 1 heterocycles. The lowest BCUT2D eigenvalue weighted by molar-refractivity contribution is 0.0945. The average molecular weight is 458 g/mol. The standard InChI is InChI=1S/C20H17BrFN5O2/c1-24-20(29)17-18(23)25-10-16(27-17)11-3-2-4-12(7-11)19(28)26-9-13-5-6-14(21)8-15(13)22/h2-8,10H,9H2,1H3,(H2,23,25)(H,24,29)(H,26,28). The van der Waals surface area contributed by atoms with Gasteiger partial charge in [0.1, 0.15) is 5.82 Å². The first-order valence-corrected chi connectivity index (χ1v) is 9.35. The average Bonchev–Trinajstić information content (AvgIpc) is 2.72. The van der Waals surface area contributed by atoms with E-state index < -0.39 is 11.7 Å². The lowest BCUT2D eigenvalue weighted by Gasteiger charge is -2.09. The van der Waals surface area contributed by atoms with Gasteiger partial charge in [0.25, 0.3) is 11.8 Å². The topological polar surface area (TPSA) is 110 Å². The number of rotatable bonds is 5. The Hall–Kier alpha value is -3.33. The van der Waals surface area contributed by atoms with Crippen LogP contribution < -0.4 is 16.4 Å². The number of aromatic nitrogens is 2. The van der Waals surface area contributed by atoms with Crippen molar-refractivity contribution in [2.24, 2.45) is 0 Å². The zero-order valence-corrected chi connectivity index (χ0v) is 17.0. The summed E-state index contributed by atoms with van der Waals surface area (Å²) in [4.78, 5) is 32.6. The van der Waals surface area contributed by atoms with Crippen LogP contribution in [0.5, 0.6) is 0 Å². The number of hydrogen-bond acceptors (Lipinski definition) is 5. The van der Waals surface area contributed by atoms with Gasteiger partial charge in [-0.1, -0.05) is 34.1 Å². The van der Waals surface area contributed by atoms with E-state index in [-0.39, 0.29) is 24.0 Å². The molecule has 1 aromatic heterocycles. The fourth-order valence-electron chi connectivity index (χ4n) is 2.59. The van der Waals surface area contributed by atoms with Gasteiger partial charge < -0.3 is 16.4 Å². The summed E-state index contributed by atoms with van der Waals surface area (Å²) < 4.78 is 14.5. The maximum absolute atomic E-state index is 13.9. The van der Waals surface area contributed by atoms with Crippen molar-refractivity contribution in [3.8, 4) is 11.3 Å². The molecule has 0 atom stereocenters. The van der Waals surface area contributed by atoms with Gasteiger partial charge in [-0.2, -0.15) is 0 Å². The Morgan fingerprint density at radius 2 is 1.97 bits per heavy atom. The lowest BCUT2D eigenvalue weighted by atomic mass is 10.1. The second-order valence-corrected chi connectivity index (χ2v) is 6.98. The molecule has 0 aliphatic carbocycles. The Kier molecular flexibility index (Phi) is 6.18. The third-order valence-corrected chi connectivity index (χ3v) is 4.61. The minimum atomic E-state index is -0.456. The highest BCUT2D eigenvalue weighted by molar-refractivity contribution is 9.10. The molecule has 4 N–H and O–H groups in total. The van der Waals surface area contributed by atoms with Crippen LogP contribution in [-0.2, 0) is 6.54 Å². The van der Waals surface area contributed by atoms with Crippen molar-refractivity contribution < 1.29 is 14.0 Å². The van der Waals surface area contributed by atoms with Gasteiger partial charge in [0.2, 0.25) is 0 Å². The van der Waals surface area contributed by atoms with Crippen molar-refractivity contribution >= 4 is 33.6 Å². The Morgan fingerprint density at radius 1 is 1.17 bits per heavy atom. The molecule has 0 saturated carbocycles. The lowest BCUT2D eigenvalue weighted by Crippen LogP contribution is -2.23. The van der Waals surface area contributed by atoms with Crippen LogP contribution in [0, 0.1) is 5.82 Å². The van der Waals surface area contributed by atoms with Crippen LogP contribution in [0.15, 0.2) is 53.1 Å². The summed E-state index contributed by atoms with van der Waals surface area (Å²) in [5.74, 6) is -1.22. The number of amides is 2. The fourth-order valence-corrected chi connectivity index (χ4v) is 2.92. The van der Waals surface area contributed by atoms with Crippen molar-refractivity contribution in [2.45, 2.75) is 6.54 Å². The highest BCUT2D eigenvalue weighted by Crippen LogP contribution is 2.20. The maximum atomic E-state index is 13.9. The second kappa shape index (κ2) is 8.78. The molecule has 0 unspecified atom stereocenters. The smallest absolute Gasteiger partial charge is 0.273 e. The Bertz CT molecular complexity index is 1090. The van der Waals surface area contributed by atoms with Crippen LogP contribution >= 0.6 is 15.9 Å². The van der Waals surface area contributed by atoms with Gasteiger partial charge in [0.15, 0.2) is 11.5 Å². The van der Waals surface area contributed by atoms with E-state index >= 15 is 0 Å². The summed E-state index contributed by atoms with van der Waals surface area (Å²) in [6, 6.07) is 11.3. The van der Waals surface area contributed by atoms with Gasteiger partial charge in [-0.15, -0.1) is 0 Å². The Balaban J connectivity index is 1.80. The number of carbonyl (C=O) groups excluding carboxylic acids is 2. The molecule has 148 valence electrons. The van der Waals surface area contributed by atoms with Crippen LogP contribution in [0.3, 0.4) is 0 Å². The summed E-state index contributed by atoms with van der Waals surface area (Å²) in [6.45, 7) is 0.0463. The normalized spacial score (nSPS) is 10.4. The first kappa shape index (κ1) is 20.4. The zero-order chi connectivity index (χ0) is 21.0. The molecule has 2 aromatic carbocycles. The summed E-state index contributed by atoms with van der Waals surface area (Å²) in [6.07, 6.45) is 1.43. The predicted molar refractivity (Wildman–Crippen MR) is 111 cm³/mol. The van der Waals surface area contributed by atoms with Crippen LogP contribution in [0.25, 0.3) is 11.3 Å². The molecule has 2 amide bonds. The third-order valence-electron chi connectivity index (χ3n) is 4.12. The van der Waals surface area contributed by atoms with E-state index in [1.165, 1.54) is 19.3 Å². The number of anilines is 1. The number of hydrogen-bond donors (Lipinski definition) is 3. The van der Waals surface area contributed by atoms with Gasteiger partial charge in [-0.3, -0.25) is 9.59 Å². The van der Waals surface area contributed by atoms with Crippen LogP contribution in [0.1, 0.15) is 26.4 Å². The number of nitrogens with two attached hydrogens (primary N) is 1. The summed E-state index contributed by atoms with van der Waals surface area (Å²) in [5.41, 5.74) is 7.43. The zero-order valence-electron chi connectivity index (χ0n) is 15.4. The van der Waals surface area contributed by atoms with Gasteiger partial charge >= 0.3 is 0 Å². The van der Waals surface area contributed by atoms with E-state index in [0.29, 0.717) is 26.9 Å². The Morgan fingerprint density at radius 3 is 2.69 bits per heavy atom. The van der Waals surface area contributed by atoms with Crippen LogP contribution in [0.2, 0.25) is 0 Å². The quantitative estimate of drug-likeness (QED) is 0.545. The molecule has 9 heteroatoms. The molecule has 0 bridgehead atoms. The summed E-state index contributed by atoms with van der Waals surface area (Å²) >= 11 is 3.19. The van der Waals surface area contributed by atoms with Gasteiger partial charge in [0, 0.05) is 34.8 Å². The van der Waals surface area contributed by atoms with Crippen molar-refractivity contribution in [1.82, 2.24) is 20.6 Å². The van der Waals surface area contributed by atoms with Crippen molar-refractivity contribution in [3.63, 3.8) is 0 Å². The molecule has 29 heavy (non-hydrogen) atoms. The van der Waals surface area contributed by atoms with E-state index in [1.54, 1.807) is 36.4 Å². The Labute approximate surface area is 174 Å². The van der Waals surface area contributed by atoms with E-state index in [4.69, 9.17) is 5.73 Å². The molecule has 0 saturated heterocycles. The highest BCUT2D eigenvalue weighted by Gasteiger charge is 2.14. The highest BCUT2D eigenvalue weighted by atomic mass is 79.9. The van der Waals surface area contributed by atoms with E-state index in [0.717, 1.165) is 0 Å². The fraction of sp³-hybridized carbons (Fsp3) is 0.100. The monoisotopic (exact) mass is 457 g/mol. The second-order valence-electron chi connectivity index (χ2n) is 6.07. The van der Waals surface area contributed by atoms with E-state index in [2.05, 4.69) is 36.5 Å². The molecular formula is C20H17BrFN5O2. The molecular weight excluding hydrogens is 441 g/mol. The molecule has 0 aliphatic rings. The summed E-state index contributed by atoms with van der Waals surface area (Å²) in [5, 5.41) is 5.14. The number of carbonyl (C=O) groups is 2. The predicted octanol–water partition coefficient (Wildman–Crippen LogP) is 2.92. The molecule has 0 radical (unpaired) electrons. The molecule has 0 aliphatic heterocycles. The number of nitrogens with one attached hydrogen (secondary N) is 2. The number of nitrogens with zero attached hydrogens (tertiary/aromatic N) is 2. The molecule has 3 rings (SSSR count). The SMILES string of the molecule is CNC(=O)c1nc(-c2cccc(C(=O)NCc3ccc(Br)cc3F)c2)cnc1N. The van der Waals surface area contributed by atoms with E-state index in [1.807, 2.05) is 0 Å². The van der Waals surface area contributed by atoms with E-state index in [9.17, 15) is 14.0 Å². The minimum Gasteiger partial charge on any atom is -0.382 e. The molecule has 0 fully saturated rings. The largest absolute Gasteiger partial charge is 0.382 e. The van der Waals surface area contributed by atoms with Crippen LogP contribution in [0.4, 0.5) is 10.2 Å². The molecule has 7 nitrogen and oxygen atoms in total. The first-order chi connectivity index (χ1) is 13.9. The first-order valence-electron chi connectivity index (χ1n) is 8.56. The maximum Gasteiger partial charge on any atom is 0.273 e. The summed E-state index contributed by atoms with van der Waals surface area (Å²) in [7, 11) is 1.47. The minimum absolute atomic E-state index is 0.00516. The number of nitrogen functional groups attached to an aromatic ring is 1. The molecule has 0 spiro atoms. The number of benzene rings is 2. The van der Waals surface area contributed by atoms with Crippen molar-refractivity contribution in [2.75, 3.05) is 12.8 Å². The van der Waals surface area contributed by atoms with Crippen LogP contribution in [-0.4, -0.2) is 28.8 Å². The van der Waals surface area contributed by atoms with Gasteiger partial charge in [-0.25, -0.2) is 14.4 Å².